The summed E-state index contributed by atoms with van der Waals surface area (Å²) in [6, 6.07) is 12.2. The van der Waals surface area contributed by atoms with Crippen LogP contribution in [0.3, 0.4) is 0 Å². The number of nitrogens with one attached hydrogen (secondary N) is 1. The number of aryl methyl sites for hydroxylation is 1. The lowest BCUT2D eigenvalue weighted by atomic mass is 9.94. The third-order valence-electron chi connectivity index (χ3n) is 5.26. The van der Waals surface area contributed by atoms with Crippen molar-refractivity contribution in [1.82, 2.24) is 15.3 Å². The Bertz CT molecular complexity index is 1240. The van der Waals surface area contributed by atoms with Crippen LogP contribution in [0.5, 0.6) is 0 Å². The maximum absolute atomic E-state index is 12.0. The van der Waals surface area contributed by atoms with E-state index in [2.05, 4.69) is 46.5 Å². The van der Waals surface area contributed by atoms with Crippen LogP contribution in [0.4, 0.5) is 5.82 Å². The van der Waals surface area contributed by atoms with Crippen LogP contribution in [-0.2, 0) is 6.42 Å². The van der Waals surface area contributed by atoms with Gasteiger partial charge in [-0.1, -0.05) is 24.3 Å². The molecular weight excluding hydrogens is 368 g/mol. The third-order valence-corrected chi connectivity index (χ3v) is 6.12. The van der Waals surface area contributed by atoms with Crippen molar-refractivity contribution < 1.29 is 4.79 Å². The molecule has 2 aromatic carbocycles. The van der Waals surface area contributed by atoms with Crippen LogP contribution in [0, 0.1) is 6.92 Å². The molecule has 0 unspecified atom stereocenters. The number of aromatic nitrogens is 2. The Kier molecular flexibility index (Phi) is 3.87. The van der Waals surface area contributed by atoms with E-state index in [9.17, 15) is 4.79 Å². The van der Waals surface area contributed by atoms with Gasteiger partial charge in [-0.2, -0.15) is 0 Å². The zero-order chi connectivity index (χ0) is 19.3. The number of nitrogens with two attached hydrogens (primary N) is 1. The fourth-order valence-corrected chi connectivity index (χ4v) is 4.66. The highest BCUT2D eigenvalue weighted by Gasteiger charge is 2.18. The van der Waals surface area contributed by atoms with Gasteiger partial charge in [-0.25, -0.2) is 9.97 Å². The second-order valence-corrected chi connectivity index (χ2v) is 7.85. The number of nitrogens with zero attached hydrogens (tertiary/aromatic N) is 2. The minimum absolute atomic E-state index is 0.0140. The first-order valence-electron chi connectivity index (χ1n) is 9.12. The summed E-state index contributed by atoms with van der Waals surface area (Å²) in [5, 5.41) is 2.88. The van der Waals surface area contributed by atoms with Crippen LogP contribution in [0.1, 0.15) is 21.5 Å². The Morgan fingerprint density at radius 1 is 1.04 bits per heavy atom. The normalized spacial score (nSPS) is 13.4. The number of hydrogen-bond acceptors (Lipinski definition) is 5. The Morgan fingerprint density at radius 3 is 2.79 bits per heavy atom. The van der Waals surface area contributed by atoms with Gasteiger partial charge in [0.2, 0.25) is 0 Å². The molecule has 0 atom stereocenters. The molecule has 0 saturated carbocycles. The van der Waals surface area contributed by atoms with E-state index in [1.165, 1.54) is 0 Å². The number of hydrogen-bond donors (Lipinski definition) is 2. The van der Waals surface area contributed by atoms with Crippen molar-refractivity contribution in [3.05, 3.63) is 64.8 Å². The van der Waals surface area contributed by atoms with Crippen molar-refractivity contribution in [2.24, 2.45) is 0 Å². The fourth-order valence-electron chi connectivity index (χ4n) is 3.76. The zero-order valence-electron chi connectivity index (χ0n) is 15.3. The number of anilines is 1. The van der Waals surface area contributed by atoms with Gasteiger partial charge in [0.1, 0.15) is 5.82 Å². The van der Waals surface area contributed by atoms with Gasteiger partial charge in [-0.05, 0) is 42.2 Å². The van der Waals surface area contributed by atoms with E-state index >= 15 is 0 Å². The van der Waals surface area contributed by atoms with E-state index in [0.717, 1.165) is 55.6 Å². The van der Waals surface area contributed by atoms with Crippen molar-refractivity contribution in [2.75, 3.05) is 12.3 Å². The maximum Gasteiger partial charge on any atom is 0.251 e. The first-order chi connectivity index (χ1) is 13.6. The highest BCUT2D eigenvalue weighted by atomic mass is 32.1. The number of amides is 1. The minimum atomic E-state index is -0.0140. The van der Waals surface area contributed by atoms with Gasteiger partial charge in [0.15, 0.2) is 0 Å². The second-order valence-electron chi connectivity index (χ2n) is 6.99. The molecule has 1 amide bonds. The summed E-state index contributed by atoms with van der Waals surface area (Å²) < 4.78 is 1.15. The van der Waals surface area contributed by atoms with Crippen LogP contribution in [0.15, 0.2) is 48.1 Å². The van der Waals surface area contributed by atoms with Gasteiger partial charge in [0, 0.05) is 35.0 Å². The standard InChI is InChI=1S/C22H18N4OS/c1-12-2-4-16(20-19(12)26-11-28-20)15-9-18(21(23)25-10-15)13-3-5-17-14(8-13)6-7-24-22(17)27/h2-5,8-11H,6-7H2,1H3,(H2,23,25)(H,24,27). The molecule has 6 heteroatoms. The van der Waals surface area contributed by atoms with E-state index in [-0.39, 0.29) is 5.91 Å². The van der Waals surface area contributed by atoms with Gasteiger partial charge in [-0.3, -0.25) is 4.79 Å². The monoisotopic (exact) mass is 386 g/mol. The molecule has 1 aliphatic rings. The summed E-state index contributed by atoms with van der Waals surface area (Å²) in [4.78, 5) is 21.0. The highest BCUT2D eigenvalue weighted by molar-refractivity contribution is 7.17. The van der Waals surface area contributed by atoms with Gasteiger partial charge in [-0.15, -0.1) is 11.3 Å². The smallest absolute Gasteiger partial charge is 0.251 e. The lowest BCUT2D eigenvalue weighted by molar-refractivity contribution is 0.0946. The fraction of sp³-hybridized carbons (Fsp3) is 0.136. The summed E-state index contributed by atoms with van der Waals surface area (Å²) >= 11 is 1.63. The van der Waals surface area contributed by atoms with E-state index in [0.29, 0.717) is 12.4 Å². The number of carbonyl (C=O) groups excluding carboxylic acids is 1. The lowest BCUT2D eigenvalue weighted by Gasteiger charge is -2.18. The van der Waals surface area contributed by atoms with Crippen molar-refractivity contribution in [3.63, 3.8) is 0 Å². The average molecular weight is 386 g/mol. The number of rotatable bonds is 2. The number of pyridine rings is 1. The van der Waals surface area contributed by atoms with E-state index in [4.69, 9.17) is 5.73 Å². The Balaban J connectivity index is 1.65. The van der Waals surface area contributed by atoms with Crippen LogP contribution in [0.25, 0.3) is 32.5 Å². The van der Waals surface area contributed by atoms with Gasteiger partial charge in [0.25, 0.3) is 5.91 Å². The van der Waals surface area contributed by atoms with Gasteiger partial charge in [0.05, 0.1) is 15.7 Å². The molecule has 3 heterocycles. The number of carbonyl (C=O) groups is 1. The van der Waals surface area contributed by atoms with E-state index in [1.54, 1.807) is 11.3 Å². The molecule has 0 fully saturated rings. The zero-order valence-corrected chi connectivity index (χ0v) is 16.1. The van der Waals surface area contributed by atoms with E-state index in [1.807, 2.05) is 23.8 Å². The van der Waals surface area contributed by atoms with Crippen molar-refractivity contribution >= 4 is 33.3 Å². The second kappa shape index (κ2) is 6.42. The van der Waals surface area contributed by atoms with Crippen molar-refractivity contribution in [3.8, 4) is 22.3 Å². The van der Waals surface area contributed by atoms with E-state index < -0.39 is 0 Å². The molecule has 138 valence electrons. The molecule has 0 bridgehead atoms. The molecule has 4 aromatic rings. The van der Waals surface area contributed by atoms with Gasteiger partial charge < -0.3 is 11.1 Å². The highest BCUT2D eigenvalue weighted by Crippen LogP contribution is 2.36. The van der Waals surface area contributed by atoms with Crippen LogP contribution in [-0.4, -0.2) is 22.4 Å². The SMILES string of the molecule is Cc1ccc(-c2cnc(N)c(-c3ccc4c(c3)CCNC4=O)c2)c2scnc12. The molecule has 2 aromatic heterocycles. The number of benzene rings is 2. The number of nitrogen functional groups attached to an aromatic ring is 1. The molecule has 28 heavy (non-hydrogen) atoms. The Labute approximate surface area is 166 Å². The summed E-state index contributed by atoms with van der Waals surface area (Å²) in [5.41, 5.74) is 16.0. The quantitative estimate of drug-likeness (QED) is 0.541. The lowest BCUT2D eigenvalue weighted by Crippen LogP contribution is -2.31. The molecule has 0 spiro atoms. The predicted octanol–water partition coefficient (Wildman–Crippen LogP) is 4.20. The van der Waals surface area contributed by atoms with Crippen LogP contribution < -0.4 is 11.1 Å². The summed E-state index contributed by atoms with van der Waals surface area (Å²) in [5.74, 6) is 0.469. The number of thiazole rings is 1. The topological polar surface area (TPSA) is 80.9 Å². The number of fused-ring (bicyclic) bond motifs is 2. The Hall–Kier alpha value is -3.25. The molecule has 0 aliphatic carbocycles. The molecule has 3 N–H and O–H groups in total. The van der Waals surface area contributed by atoms with Crippen LogP contribution >= 0.6 is 11.3 Å². The summed E-state index contributed by atoms with van der Waals surface area (Å²) in [7, 11) is 0. The first-order valence-corrected chi connectivity index (χ1v) is 10.00. The minimum Gasteiger partial charge on any atom is -0.383 e. The molecule has 0 saturated heterocycles. The first kappa shape index (κ1) is 16.9. The van der Waals surface area contributed by atoms with Crippen LogP contribution in [0.2, 0.25) is 0 Å². The largest absolute Gasteiger partial charge is 0.383 e. The molecule has 1 aliphatic heterocycles. The van der Waals surface area contributed by atoms with Crippen molar-refractivity contribution in [1.29, 1.82) is 0 Å². The predicted molar refractivity (Wildman–Crippen MR) is 113 cm³/mol. The Morgan fingerprint density at radius 2 is 1.89 bits per heavy atom. The third kappa shape index (κ3) is 2.65. The molecule has 5 rings (SSSR count). The average Bonchev–Trinajstić information content (AvgIpc) is 3.20. The van der Waals surface area contributed by atoms with Gasteiger partial charge >= 0.3 is 0 Å². The molecule has 5 nitrogen and oxygen atoms in total. The summed E-state index contributed by atoms with van der Waals surface area (Å²) in [6.45, 7) is 2.73. The maximum atomic E-state index is 12.0. The van der Waals surface area contributed by atoms with Crippen molar-refractivity contribution in [2.45, 2.75) is 13.3 Å². The summed E-state index contributed by atoms with van der Waals surface area (Å²) in [6.07, 6.45) is 2.63. The molecule has 0 radical (unpaired) electrons. The molecular formula is C22H18N4OS.